The van der Waals surface area contributed by atoms with E-state index in [9.17, 15) is 9.59 Å². The van der Waals surface area contributed by atoms with E-state index in [0.29, 0.717) is 12.0 Å². The maximum Gasteiger partial charge on any atom is 0.329 e. The summed E-state index contributed by atoms with van der Waals surface area (Å²) in [5.74, 6) is -0.570. The first-order chi connectivity index (χ1) is 8.63. The topological polar surface area (TPSA) is 46.6 Å². The molecule has 0 bridgehead atoms. The SMILES string of the molecule is COC(=O)[C@@H]1CC=CN1C(=O)c1ccc(C)cc1. The van der Waals surface area contributed by atoms with Crippen LogP contribution in [-0.2, 0) is 9.53 Å². The lowest BCUT2D eigenvalue weighted by molar-refractivity contribution is -0.144. The summed E-state index contributed by atoms with van der Waals surface area (Å²) in [6, 6.07) is 6.74. The summed E-state index contributed by atoms with van der Waals surface area (Å²) in [5, 5.41) is 0. The number of hydrogen-bond acceptors (Lipinski definition) is 3. The van der Waals surface area contributed by atoms with Crippen LogP contribution in [0.4, 0.5) is 0 Å². The molecule has 1 aliphatic rings. The Morgan fingerprint density at radius 1 is 1.28 bits per heavy atom. The molecule has 1 aromatic rings. The molecule has 0 saturated carbocycles. The second-order valence-corrected chi connectivity index (χ2v) is 4.24. The Balaban J connectivity index is 2.20. The van der Waals surface area contributed by atoms with Gasteiger partial charge in [-0.25, -0.2) is 4.79 Å². The highest BCUT2D eigenvalue weighted by atomic mass is 16.5. The van der Waals surface area contributed by atoms with E-state index >= 15 is 0 Å². The Hall–Kier alpha value is -2.10. The van der Waals surface area contributed by atoms with Crippen LogP contribution < -0.4 is 0 Å². The number of carbonyl (C=O) groups excluding carboxylic acids is 2. The smallest absolute Gasteiger partial charge is 0.329 e. The fourth-order valence-electron chi connectivity index (χ4n) is 1.92. The lowest BCUT2D eigenvalue weighted by atomic mass is 10.1. The summed E-state index contributed by atoms with van der Waals surface area (Å²) >= 11 is 0. The summed E-state index contributed by atoms with van der Waals surface area (Å²) in [5.41, 5.74) is 1.66. The van der Waals surface area contributed by atoms with E-state index < -0.39 is 6.04 Å². The Labute approximate surface area is 106 Å². The number of ether oxygens (including phenoxy) is 1. The molecule has 1 amide bonds. The molecule has 0 fully saturated rings. The van der Waals surface area contributed by atoms with Gasteiger partial charge in [0.1, 0.15) is 6.04 Å². The van der Waals surface area contributed by atoms with Crippen molar-refractivity contribution in [1.29, 1.82) is 0 Å². The van der Waals surface area contributed by atoms with Crippen LogP contribution in [0.2, 0.25) is 0 Å². The second kappa shape index (κ2) is 5.04. The number of nitrogens with zero attached hydrogens (tertiary/aromatic N) is 1. The highest BCUT2D eigenvalue weighted by Crippen LogP contribution is 2.19. The van der Waals surface area contributed by atoms with Gasteiger partial charge in [-0.1, -0.05) is 23.8 Å². The van der Waals surface area contributed by atoms with E-state index in [1.165, 1.54) is 12.0 Å². The van der Waals surface area contributed by atoms with Crippen molar-refractivity contribution in [2.75, 3.05) is 7.11 Å². The normalized spacial score (nSPS) is 17.9. The van der Waals surface area contributed by atoms with Crippen molar-refractivity contribution in [2.24, 2.45) is 0 Å². The third-order valence-electron chi connectivity index (χ3n) is 2.97. The monoisotopic (exact) mass is 245 g/mol. The first-order valence-electron chi connectivity index (χ1n) is 5.77. The van der Waals surface area contributed by atoms with Crippen LogP contribution >= 0.6 is 0 Å². The molecule has 0 radical (unpaired) electrons. The van der Waals surface area contributed by atoms with Gasteiger partial charge < -0.3 is 9.64 Å². The van der Waals surface area contributed by atoms with Gasteiger partial charge in [0.25, 0.3) is 5.91 Å². The molecule has 0 aromatic heterocycles. The number of aryl methyl sites for hydroxylation is 1. The van der Waals surface area contributed by atoms with Gasteiger partial charge in [-0.3, -0.25) is 4.79 Å². The second-order valence-electron chi connectivity index (χ2n) is 4.24. The van der Waals surface area contributed by atoms with Gasteiger partial charge in [-0.05, 0) is 25.5 Å². The van der Waals surface area contributed by atoms with Crippen molar-refractivity contribution in [1.82, 2.24) is 4.90 Å². The van der Waals surface area contributed by atoms with Crippen LogP contribution in [0.1, 0.15) is 22.3 Å². The van der Waals surface area contributed by atoms with E-state index in [1.807, 2.05) is 19.1 Å². The van der Waals surface area contributed by atoms with E-state index in [2.05, 4.69) is 0 Å². The molecule has 1 atom stereocenters. The molecule has 94 valence electrons. The molecule has 0 aliphatic carbocycles. The summed E-state index contributed by atoms with van der Waals surface area (Å²) < 4.78 is 4.70. The van der Waals surface area contributed by atoms with Gasteiger partial charge in [-0.2, -0.15) is 0 Å². The average molecular weight is 245 g/mol. The molecular formula is C14H15NO3. The van der Waals surface area contributed by atoms with Crippen molar-refractivity contribution in [2.45, 2.75) is 19.4 Å². The van der Waals surface area contributed by atoms with Gasteiger partial charge in [0.15, 0.2) is 0 Å². The molecule has 1 aliphatic heterocycles. The van der Waals surface area contributed by atoms with Crippen LogP contribution in [0.3, 0.4) is 0 Å². The van der Waals surface area contributed by atoms with Crippen LogP contribution in [-0.4, -0.2) is 29.9 Å². The first-order valence-corrected chi connectivity index (χ1v) is 5.77. The Bertz CT molecular complexity index is 490. The van der Waals surface area contributed by atoms with Gasteiger partial charge in [0.05, 0.1) is 7.11 Å². The van der Waals surface area contributed by atoms with Crippen LogP contribution in [0.25, 0.3) is 0 Å². The van der Waals surface area contributed by atoms with E-state index in [-0.39, 0.29) is 11.9 Å². The minimum atomic E-state index is -0.538. The number of rotatable bonds is 2. The zero-order valence-corrected chi connectivity index (χ0v) is 10.4. The van der Waals surface area contributed by atoms with Crippen molar-refractivity contribution in [3.05, 3.63) is 47.7 Å². The average Bonchev–Trinajstić information content (AvgIpc) is 2.87. The predicted molar refractivity (Wildman–Crippen MR) is 66.9 cm³/mol. The summed E-state index contributed by atoms with van der Waals surface area (Å²) in [4.78, 5) is 25.2. The molecular weight excluding hydrogens is 230 g/mol. The Morgan fingerprint density at radius 3 is 2.56 bits per heavy atom. The summed E-state index contributed by atoms with van der Waals surface area (Å²) in [6.07, 6.45) is 3.95. The lowest BCUT2D eigenvalue weighted by Gasteiger charge is -2.21. The zero-order valence-electron chi connectivity index (χ0n) is 10.4. The fourth-order valence-corrected chi connectivity index (χ4v) is 1.92. The number of hydrogen-bond donors (Lipinski definition) is 0. The van der Waals surface area contributed by atoms with Crippen molar-refractivity contribution >= 4 is 11.9 Å². The van der Waals surface area contributed by atoms with Gasteiger partial charge >= 0.3 is 5.97 Å². The number of amides is 1. The molecule has 2 rings (SSSR count). The van der Waals surface area contributed by atoms with E-state index in [0.717, 1.165) is 5.56 Å². The molecule has 0 N–H and O–H groups in total. The summed E-state index contributed by atoms with van der Waals surface area (Å²) in [7, 11) is 1.33. The number of carbonyl (C=O) groups is 2. The number of methoxy groups -OCH3 is 1. The molecule has 18 heavy (non-hydrogen) atoms. The summed E-state index contributed by atoms with van der Waals surface area (Å²) in [6.45, 7) is 1.96. The van der Waals surface area contributed by atoms with Crippen molar-refractivity contribution in [3.63, 3.8) is 0 Å². The Morgan fingerprint density at radius 2 is 1.94 bits per heavy atom. The highest BCUT2D eigenvalue weighted by molar-refractivity contribution is 5.98. The largest absolute Gasteiger partial charge is 0.467 e. The highest BCUT2D eigenvalue weighted by Gasteiger charge is 2.32. The molecule has 1 heterocycles. The third-order valence-corrected chi connectivity index (χ3v) is 2.97. The fraction of sp³-hybridized carbons (Fsp3) is 0.286. The maximum absolute atomic E-state index is 12.3. The van der Waals surface area contributed by atoms with Gasteiger partial charge in [-0.15, -0.1) is 0 Å². The van der Waals surface area contributed by atoms with Crippen LogP contribution in [0.5, 0.6) is 0 Å². The zero-order chi connectivity index (χ0) is 13.1. The predicted octanol–water partition coefficient (Wildman–Crippen LogP) is 1.90. The van der Waals surface area contributed by atoms with Gasteiger partial charge in [0, 0.05) is 11.8 Å². The quantitative estimate of drug-likeness (QED) is 0.747. The number of benzene rings is 1. The number of esters is 1. The lowest BCUT2D eigenvalue weighted by Crippen LogP contribution is -2.39. The molecule has 0 spiro atoms. The van der Waals surface area contributed by atoms with E-state index in [4.69, 9.17) is 4.74 Å². The molecule has 0 unspecified atom stereocenters. The van der Waals surface area contributed by atoms with Crippen molar-refractivity contribution in [3.8, 4) is 0 Å². The standard InChI is InChI=1S/C14H15NO3/c1-10-5-7-11(8-6-10)13(16)15-9-3-4-12(15)14(17)18-2/h3,5-9,12H,4H2,1-2H3/t12-/m0/s1. The van der Waals surface area contributed by atoms with E-state index in [1.54, 1.807) is 24.4 Å². The van der Waals surface area contributed by atoms with Crippen molar-refractivity contribution < 1.29 is 14.3 Å². The first kappa shape index (κ1) is 12.4. The third kappa shape index (κ3) is 2.27. The molecule has 4 heteroatoms. The van der Waals surface area contributed by atoms with Crippen LogP contribution in [0, 0.1) is 6.92 Å². The Kier molecular flexibility index (Phi) is 3.46. The molecule has 1 aromatic carbocycles. The minimum Gasteiger partial charge on any atom is -0.467 e. The van der Waals surface area contributed by atoms with Gasteiger partial charge in [0.2, 0.25) is 0 Å². The van der Waals surface area contributed by atoms with Crippen LogP contribution in [0.15, 0.2) is 36.5 Å². The maximum atomic E-state index is 12.3. The minimum absolute atomic E-state index is 0.181. The molecule has 4 nitrogen and oxygen atoms in total. The molecule has 0 saturated heterocycles.